The zero-order valence-electron chi connectivity index (χ0n) is 12.0. The van der Waals surface area contributed by atoms with Gasteiger partial charge >= 0.3 is 5.97 Å². The Bertz CT molecular complexity index is 666. The second-order valence-electron chi connectivity index (χ2n) is 5.03. The van der Waals surface area contributed by atoms with Crippen LogP contribution >= 0.6 is 11.3 Å². The molecule has 1 aliphatic rings. The Morgan fingerprint density at radius 1 is 1.43 bits per heavy atom. The van der Waals surface area contributed by atoms with Crippen molar-refractivity contribution in [3.63, 3.8) is 0 Å². The summed E-state index contributed by atoms with van der Waals surface area (Å²) in [5, 5.41) is 2.14. The number of hydrogen-bond donors (Lipinski definition) is 1. The van der Waals surface area contributed by atoms with Crippen LogP contribution < -0.4 is 10.6 Å². The summed E-state index contributed by atoms with van der Waals surface area (Å²) >= 11 is 1.82. The minimum atomic E-state index is -0.325. The molecule has 2 N–H and O–H groups in total. The molecule has 110 valence electrons. The van der Waals surface area contributed by atoms with Crippen LogP contribution in [-0.2, 0) is 17.7 Å². The Hall–Kier alpha value is -2.01. The predicted octanol–water partition coefficient (Wildman–Crippen LogP) is 3.07. The fourth-order valence-corrected chi connectivity index (χ4v) is 3.53. The summed E-state index contributed by atoms with van der Waals surface area (Å²) in [5.41, 5.74) is 9.63. The molecule has 1 aromatic heterocycles. The van der Waals surface area contributed by atoms with Gasteiger partial charge in [-0.2, -0.15) is 0 Å². The third-order valence-electron chi connectivity index (χ3n) is 3.69. The molecule has 0 bridgehead atoms. The molecule has 0 unspecified atom stereocenters. The zero-order valence-corrected chi connectivity index (χ0v) is 12.8. The predicted molar refractivity (Wildman–Crippen MR) is 85.9 cm³/mol. The van der Waals surface area contributed by atoms with Crippen LogP contribution in [0.3, 0.4) is 0 Å². The van der Waals surface area contributed by atoms with Gasteiger partial charge in [0.15, 0.2) is 0 Å². The van der Waals surface area contributed by atoms with Gasteiger partial charge in [0.25, 0.3) is 0 Å². The fraction of sp³-hybridized carbons (Fsp3) is 0.312. The van der Waals surface area contributed by atoms with Crippen molar-refractivity contribution in [2.75, 3.05) is 23.8 Å². The van der Waals surface area contributed by atoms with Gasteiger partial charge in [-0.1, -0.05) is 0 Å². The molecule has 2 aromatic rings. The van der Waals surface area contributed by atoms with E-state index in [-0.39, 0.29) is 5.97 Å². The molecule has 0 saturated heterocycles. The summed E-state index contributed by atoms with van der Waals surface area (Å²) in [6, 6.07) is 7.58. The maximum Gasteiger partial charge on any atom is 0.338 e. The Labute approximate surface area is 128 Å². The lowest BCUT2D eigenvalue weighted by Crippen LogP contribution is -2.30. The molecule has 5 heteroatoms. The quantitative estimate of drug-likeness (QED) is 0.699. The number of benzene rings is 1. The van der Waals surface area contributed by atoms with E-state index in [1.807, 2.05) is 17.4 Å². The second-order valence-corrected chi connectivity index (χ2v) is 6.04. The number of nitrogens with zero attached hydrogens (tertiary/aromatic N) is 1. The van der Waals surface area contributed by atoms with E-state index in [1.165, 1.54) is 10.4 Å². The smallest absolute Gasteiger partial charge is 0.338 e. The van der Waals surface area contributed by atoms with Crippen molar-refractivity contribution in [1.29, 1.82) is 0 Å². The maximum atomic E-state index is 11.7. The van der Waals surface area contributed by atoms with Crippen LogP contribution in [0.4, 0.5) is 11.4 Å². The van der Waals surface area contributed by atoms with E-state index in [2.05, 4.69) is 16.3 Å². The Morgan fingerprint density at radius 3 is 3.05 bits per heavy atom. The SMILES string of the molecule is CCOC(=O)c1ccc(N2CCc3sccc3C2)c(N)c1. The average Bonchev–Trinajstić information content (AvgIpc) is 2.94. The van der Waals surface area contributed by atoms with E-state index >= 15 is 0 Å². The summed E-state index contributed by atoms with van der Waals surface area (Å²) in [4.78, 5) is 15.5. The lowest BCUT2D eigenvalue weighted by atomic mass is 10.1. The lowest BCUT2D eigenvalue weighted by Gasteiger charge is -2.30. The van der Waals surface area contributed by atoms with Gasteiger partial charge in [0.2, 0.25) is 0 Å². The first-order valence-electron chi connectivity index (χ1n) is 7.06. The Balaban J connectivity index is 1.82. The van der Waals surface area contributed by atoms with E-state index in [9.17, 15) is 4.79 Å². The first-order valence-corrected chi connectivity index (χ1v) is 7.94. The minimum absolute atomic E-state index is 0.325. The number of hydrogen-bond acceptors (Lipinski definition) is 5. The van der Waals surface area contributed by atoms with Crippen molar-refractivity contribution in [3.8, 4) is 0 Å². The van der Waals surface area contributed by atoms with E-state index < -0.39 is 0 Å². The van der Waals surface area contributed by atoms with Crippen molar-refractivity contribution < 1.29 is 9.53 Å². The zero-order chi connectivity index (χ0) is 14.8. The van der Waals surface area contributed by atoms with Crippen molar-refractivity contribution in [3.05, 3.63) is 45.6 Å². The molecule has 0 fully saturated rings. The summed E-state index contributed by atoms with van der Waals surface area (Å²) < 4.78 is 5.00. The standard InChI is InChI=1S/C16H18N2O2S/c1-2-20-16(19)11-3-4-14(13(17)9-11)18-7-5-15-12(10-18)6-8-21-15/h3-4,6,8-9H,2,5,7,10,17H2,1H3. The molecule has 2 heterocycles. The normalized spacial score (nSPS) is 13.9. The molecule has 0 spiro atoms. The van der Waals surface area contributed by atoms with E-state index in [4.69, 9.17) is 10.5 Å². The van der Waals surface area contributed by atoms with Crippen LogP contribution in [0.25, 0.3) is 0 Å². The van der Waals surface area contributed by atoms with E-state index in [0.717, 1.165) is 25.2 Å². The third kappa shape index (κ3) is 2.74. The molecule has 4 nitrogen and oxygen atoms in total. The number of rotatable bonds is 3. The monoisotopic (exact) mass is 302 g/mol. The van der Waals surface area contributed by atoms with Crippen LogP contribution in [0.15, 0.2) is 29.6 Å². The maximum absolute atomic E-state index is 11.7. The number of thiophene rings is 1. The van der Waals surface area contributed by atoms with Gasteiger partial charge in [-0.15, -0.1) is 11.3 Å². The van der Waals surface area contributed by atoms with Crippen LogP contribution in [-0.4, -0.2) is 19.1 Å². The first kappa shape index (κ1) is 13.9. The molecular formula is C16H18N2O2S. The van der Waals surface area contributed by atoms with Crippen molar-refractivity contribution >= 4 is 28.7 Å². The first-order chi connectivity index (χ1) is 10.2. The third-order valence-corrected chi connectivity index (χ3v) is 4.71. The summed E-state index contributed by atoms with van der Waals surface area (Å²) in [5.74, 6) is -0.325. The van der Waals surface area contributed by atoms with Gasteiger partial charge in [-0.3, -0.25) is 0 Å². The molecule has 0 atom stereocenters. The molecule has 1 aliphatic heterocycles. The number of nitrogen functional groups attached to an aromatic ring is 1. The number of ether oxygens (including phenoxy) is 1. The number of nitrogens with two attached hydrogens (primary N) is 1. The highest BCUT2D eigenvalue weighted by molar-refractivity contribution is 7.10. The summed E-state index contributed by atoms with van der Waals surface area (Å²) in [6.07, 6.45) is 1.05. The minimum Gasteiger partial charge on any atom is -0.462 e. The topological polar surface area (TPSA) is 55.6 Å². The van der Waals surface area contributed by atoms with E-state index in [1.54, 1.807) is 19.1 Å². The van der Waals surface area contributed by atoms with Crippen LogP contribution in [0.2, 0.25) is 0 Å². The fourth-order valence-electron chi connectivity index (χ4n) is 2.64. The molecular weight excluding hydrogens is 284 g/mol. The largest absolute Gasteiger partial charge is 0.462 e. The molecule has 21 heavy (non-hydrogen) atoms. The van der Waals surface area contributed by atoms with Gasteiger partial charge in [-0.25, -0.2) is 4.79 Å². The van der Waals surface area contributed by atoms with Crippen molar-refractivity contribution in [2.45, 2.75) is 19.9 Å². The van der Waals surface area contributed by atoms with Gasteiger partial charge in [0, 0.05) is 18.0 Å². The molecule has 3 rings (SSSR count). The van der Waals surface area contributed by atoms with E-state index in [0.29, 0.717) is 17.9 Å². The highest BCUT2D eigenvalue weighted by Gasteiger charge is 2.19. The molecule has 0 amide bonds. The number of carbonyl (C=O) groups is 1. The number of anilines is 2. The summed E-state index contributed by atoms with van der Waals surface area (Å²) in [7, 11) is 0. The Kier molecular flexibility index (Phi) is 3.84. The molecule has 0 radical (unpaired) electrons. The van der Waals surface area contributed by atoms with Gasteiger partial charge in [0.05, 0.1) is 23.5 Å². The highest BCUT2D eigenvalue weighted by Crippen LogP contribution is 2.31. The van der Waals surface area contributed by atoms with Crippen molar-refractivity contribution in [2.24, 2.45) is 0 Å². The second kappa shape index (κ2) is 5.77. The highest BCUT2D eigenvalue weighted by atomic mass is 32.1. The average molecular weight is 302 g/mol. The number of esters is 1. The van der Waals surface area contributed by atoms with Crippen LogP contribution in [0.1, 0.15) is 27.7 Å². The van der Waals surface area contributed by atoms with Crippen LogP contribution in [0.5, 0.6) is 0 Å². The summed E-state index contributed by atoms with van der Waals surface area (Å²) in [6.45, 7) is 3.99. The lowest BCUT2D eigenvalue weighted by molar-refractivity contribution is 0.0526. The van der Waals surface area contributed by atoms with Gasteiger partial charge < -0.3 is 15.4 Å². The molecule has 0 aliphatic carbocycles. The van der Waals surface area contributed by atoms with Gasteiger partial charge in [0.1, 0.15) is 0 Å². The molecule has 0 saturated carbocycles. The van der Waals surface area contributed by atoms with Gasteiger partial charge in [-0.05, 0) is 48.6 Å². The Morgan fingerprint density at radius 2 is 2.29 bits per heavy atom. The van der Waals surface area contributed by atoms with Crippen molar-refractivity contribution in [1.82, 2.24) is 0 Å². The van der Waals surface area contributed by atoms with Crippen LogP contribution in [0, 0.1) is 0 Å². The molecule has 1 aromatic carbocycles. The number of fused-ring (bicyclic) bond motifs is 1. The number of carbonyl (C=O) groups excluding carboxylic acids is 1.